The van der Waals surface area contributed by atoms with Crippen LogP contribution < -0.4 is 25.0 Å². The second-order valence-electron chi connectivity index (χ2n) is 8.16. The summed E-state index contributed by atoms with van der Waals surface area (Å²) in [4.78, 5) is 32.7. The van der Waals surface area contributed by atoms with E-state index < -0.39 is 28.1 Å². The molecule has 0 saturated carbocycles. The van der Waals surface area contributed by atoms with E-state index in [0.717, 1.165) is 10.3 Å². The molecule has 3 aromatic rings. The van der Waals surface area contributed by atoms with E-state index in [1.54, 1.807) is 44.4 Å². The van der Waals surface area contributed by atoms with Gasteiger partial charge in [0.25, 0.3) is 5.91 Å². The highest BCUT2D eigenvalue weighted by atomic mass is 32.2. The number of hydrogen-bond acceptors (Lipinski definition) is 6. The van der Waals surface area contributed by atoms with E-state index >= 15 is 0 Å². The van der Waals surface area contributed by atoms with E-state index in [0.29, 0.717) is 17.3 Å². The predicted octanol–water partition coefficient (Wildman–Crippen LogP) is 5.59. The average molecular weight is 516 g/mol. The van der Waals surface area contributed by atoms with E-state index in [9.17, 15) is 14.0 Å². The molecule has 0 bridgehead atoms. The molecule has 1 aliphatic heterocycles. The molecule has 1 aromatic carbocycles. The zero-order valence-electron chi connectivity index (χ0n) is 19.9. The Hall–Kier alpha value is -3.44. The fraction of sp³-hybridized carbons (Fsp3) is 0.250. The number of thiophene rings is 1. The molecule has 35 heavy (non-hydrogen) atoms. The Morgan fingerprint density at radius 1 is 1.26 bits per heavy atom. The first-order valence-corrected chi connectivity index (χ1v) is 12.9. The Balaban J connectivity index is 1.51. The number of pyridine rings is 1. The smallest absolute Gasteiger partial charge is 0.330 e. The Kier molecular flexibility index (Phi) is 6.82. The van der Waals surface area contributed by atoms with Crippen LogP contribution in [0.3, 0.4) is 0 Å². The van der Waals surface area contributed by atoms with Gasteiger partial charge < -0.3 is 10.1 Å². The molecule has 3 amide bonds. The number of nitrogens with one attached hydrogen (secondary N) is 3. The van der Waals surface area contributed by atoms with Gasteiger partial charge in [0.2, 0.25) is 0 Å². The van der Waals surface area contributed by atoms with Crippen LogP contribution in [0, 0.1) is 12.7 Å². The third-order valence-electron chi connectivity index (χ3n) is 5.29. The maximum atomic E-state index is 14.3. The summed E-state index contributed by atoms with van der Waals surface area (Å²) in [6.07, 6.45) is 1.47. The number of fused-ring (bicyclic) bond motifs is 1. The molecule has 8 nitrogen and oxygen atoms in total. The number of amides is 3. The SMILES string of the molecule is C/C=S(\NC(=O)Nc1ccc(N2C(=O)c3cc(F)c(NC)cc3OC2(C)C)cn1)c1ccc(C)s1. The third-order valence-corrected chi connectivity index (χ3v) is 8.32. The molecule has 0 saturated heterocycles. The van der Waals surface area contributed by atoms with Crippen LogP contribution in [0.15, 0.2) is 46.8 Å². The molecule has 11 heteroatoms. The molecule has 0 radical (unpaired) electrons. The lowest BCUT2D eigenvalue weighted by molar-refractivity contribution is 0.0634. The van der Waals surface area contributed by atoms with E-state index in [1.807, 2.05) is 31.3 Å². The number of halogens is 1. The van der Waals surface area contributed by atoms with Crippen molar-refractivity contribution in [3.8, 4) is 5.75 Å². The minimum atomic E-state index is -1.05. The van der Waals surface area contributed by atoms with Crippen molar-refractivity contribution in [3.05, 3.63) is 58.9 Å². The standard InChI is InChI=1S/C24H26FN5O3S2/c1-6-35(21-10-7-14(2)34-21)29-23(32)28-20-9-8-15(13-27-20)30-22(31)16-11-17(25)18(26-5)12-19(16)33-24(30,3)4/h6-13,26H,1-5H3,(H2,27,28,29,32). The molecule has 0 spiro atoms. The van der Waals surface area contributed by atoms with E-state index in [4.69, 9.17) is 4.74 Å². The van der Waals surface area contributed by atoms with Gasteiger partial charge in [0, 0.05) is 18.0 Å². The highest BCUT2D eigenvalue weighted by Gasteiger charge is 2.41. The molecule has 184 valence electrons. The first kappa shape index (κ1) is 24.7. The molecule has 0 fully saturated rings. The van der Waals surface area contributed by atoms with Gasteiger partial charge >= 0.3 is 6.03 Å². The molecular weight excluding hydrogens is 489 g/mol. The Labute approximate surface area is 209 Å². The first-order valence-electron chi connectivity index (χ1n) is 10.8. The number of aromatic nitrogens is 1. The monoisotopic (exact) mass is 515 g/mol. The number of carbonyl (C=O) groups excluding carboxylic acids is 2. The molecule has 1 aliphatic rings. The van der Waals surface area contributed by atoms with Gasteiger partial charge in [-0.2, -0.15) is 0 Å². The summed E-state index contributed by atoms with van der Waals surface area (Å²) in [6, 6.07) is 9.52. The van der Waals surface area contributed by atoms with Crippen molar-refractivity contribution in [3.63, 3.8) is 0 Å². The van der Waals surface area contributed by atoms with Crippen LogP contribution in [0.5, 0.6) is 5.75 Å². The number of ether oxygens (including phenoxy) is 1. The van der Waals surface area contributed by atoms with Crippen molar-refractivity contribution in [2.45, 2.75) is 37.6 Å². The summed E-state index contributed by atoms with van der Waals surface area (Å²) in [7, 11) is 1.07. The maximum Gasteiger partial charge on any atom is 0.330 e. The van der Waals surface area contributed by atoms with Crippen molar-refractivity contribution in [2.24, 2.45) is 0 Å². The van der Waals surface area contributed by atoms with Crippen molar-refractivity contribution in [1.82, 2.24) is 9.71 Å². The van der Waals surface area contributed by atoms with Gasteiger partial charge in [-0.3, -0.25) is 19.7 Å². The average Bonchev–Trinajstić information content (AvgIpc) is 3.24. The van der Waals surface area contributed by atoms with Gasteiger partial charge in [0.15, 0.2) is 5.72 Å². The highest BCUT2D eigenvalue weighted by Crippen LogP contribution is 2.39. The number of nitrogens with zero attached hydrogens (tertiary/aromatic N) is 2. The molecule has 3 heterocycles. The van der Waals surface area contributed by atoms with Crippen molar-refractivity contribution < 1.29 is 18.7 Å². The third kappa shape index (κ3) is 5.01. The lowest BCUT2D eigenvalue weighted by Crippen LogP contribution is -2.55. The summed E-state index contributed by atoms with van der Waals surface area (Å²) in [6.45, 7) is 7.40. The summed E-state index contributed by atoms with van der Waals surface area (Å²) in [5, 5.41) is 7.40. The largest absolute Gasteiger partial charge is 0.467 e. The summed E-state index contributed by atoms with van der Waals surface area (Å²) in [5.41, 5.74) is -0.237. The molecule has 1 atom stereocenters. The topological polar surface area (TPSA) is 95.6 Å². The van der Waals surface area contributed by atoms with Crippen molar-refractivity contribution in [2.75, 3.05) is 22.6 Å². The van der Waals surface area contributed by atoms with Gasteiger partial charge in [-0.1, -0.05) is 10.7 Å². The van der Waals surface area contributed by atoms with Crippen molar-refractivity contribution in [1.29, 1.82) is 0 Å². The molecule has 0 aliphatic carbocycles. The van der Waals surface area contributed by atoms with Crippen molar-refractivity contribution >= 4 is 56.5 Å². The summed E-state index contributed by atoms with van der Waals surface area (Å²) >= 11 is 1.63. The number of hydrogen-bond donors (Lipinski definition) is 3. The van der Waals surface area contributed by atoms with Crippen LogP contribution >= 0.6 is 22.0 Å². The fourth-order valence-electron chi connectivity index (χ4n) is 3.69. The van der Waals surface area contributed by atoms with Crippen LogP contribution in [0.25, 0.3) is 0 Å². The van der Waals surface area contributed by atoms with Crippen LogP contribution in [0.4, 0.5) is 26.4 Å². The molecule has 1 unspecified atom stereocenters. The van der Waals surface area contributed by atoms with E-state index in [-0.39, 0.29) is 17.3 Å². The molecule has 4 rings (SSSR count). The van der Waals surface area contributed by atoms with Crippen LogP contribution in [0.2, 0.25) is 0 Å². The zero-order valence-corrected chi connectivity index (χ0v) is 21.6. The van der Waals surface area contributed by atoms with Crippen LogP contribution in [0.1, 0.15) is 36.0 Å². The lowest BCUT2D eigenvalue weighted by atomic mass is 10.0. The highest BCUT2D eigenvalue weighted by molar-refractivity contribution is 8.15. The zero-order chi connectivity index (χ0) is 25.3. The fourth-order valence-corrected chi connectivity index (χ4v) is 6.37. The predicted molar refractivity (Wildman–Crippen MR) is 141 cm³/mol. The second kappa shape index (κ2) is 9.67. The number of benzene rings is 1. The van der Waals surface area contributed by atoms with Crippen LogP contribution in [-0.4, -0.2) is 35.1 Å². The Morgan fingerprint density at radius 2 is 2.03 bits per heavy atom. The Bertz CT molecular complexity index is 1320. The molecule has 2 aromatic heterocycles. The van der Waals surface area contributed by atoms with Gasteiger partial charge in [0.1, 0.15) is 17.4 Å². The van der Waals surface area contributed by atoms with E-state index in [2.05, 4.69) is 20.3 Å². The number of urea groups is 1. The van der Waals surface area contributed by atoms with Crippen LogP contribution in [-0.2, 0) is 0 Å². The normalized spacial score (nSPS) is 15.3. The number of carbonyl (C=O) groups is 2. The summed E-state index contributed by atoms with van der Waals surface area (Å²) < 4.78 is 24.4. The lowest BCUT2D eigenvalue weighted by Gasteiger charge is -2.42. The molecule has 3 N–H and O–H groups in total. The van der Waals surface area contributed by atoms with Gasteiger partial charge in [-0.15, -0.1) is 11.3 Å². The number of aryl methyl sites for hydroxylation is 1. The number of rotatable bonds is 5. The van der Waals surface area contributed by atoms with E-state index in [1.165, 1.54) is 22.0 Å². The maximum absolute atomic E-state index is 14.3. The minimum Gasteiger partial charge on any atom is -0.467 e. The van der Waals surface area contributed by atoms with Gasteiger partial charge in [-0.05, 0) is 63.4 Å². The summed E-state index contributed by atoms with van der Waals surface area (Å²) in [5.74, 6) is -0.338. The quantitative estimate of drug-likeness (QED) is 0.385. The molecular formula is C24H26FN5O3S2. The first-order chi connectivity index (χ1) is 16.6. The minimum absolute atomic E-state index is 0.120. The van der Waals surface area contributed by atoms with Gasteiger partial charge in [0.05, 0.1) is 27.3 Å². The van der Waals surface area contributed by atoms with Gasteiger partial charge in [-0.25, -0.2) is 14.2 Å². The number of anilines is 3. The second-order valence-corrected chi connectivity index (χ2v) is 11.5. The Morgan fingerprint density at radius 3 is 2.63 bits per heavy atom.